The fourth-order valence-corrected chi connectivity index (χ4v) is 1.33. The Hall–Kier alpha value is -2.17. The number of halogens is 1. The smallest absolute Gasteiger partial charge is 0.360 e. The molecule has 0 atom stereocenters. The van der Waals surface area contributed by atoms with E-state index in [1.165, 1.54) is 12.1 Å². The lowest BCUT2D eigenvalue weighted by Gasteiger charge is -1.96. The summed E-state index contributed by atoms with van der Waals surface area (Å²) in [6.07, 6.45) is 1.15. The molecule has 0 saturated heterocycles. The molecule has 0 amide bonds. The molecule has 2 aromatic rings. The zero-order valence-electron chi connectivity index (χ0n) is 9.14. The Bertz CT molecular complexity index is 536. The summed E-state index contributed by atoms with van der Waals surface area (Å²) in [7, 11) is 0. The van der Waals surface area contributed by atoms with E-state index < -0.39 is 11.8 Å². The molecule has 1 aromatic carbocycles. The molecule has 0 aliphatic carbocycles. The Kier molecular flexibility index (Phi) is 3.18. The molecule has 2 rings (SSSR count). The van der Waals surface area contributed by atoms with Gasteiger partial charge in [-0.15, -0.1) is 0 Å². The third-order valence-corrected chi connectivity index (χ3v) is 2.09. The molecular weight excluding hydrogens is 225 g/mol. The molecular formula is C12H10FNO3. The Morgan fingerprint density at radius 2 is 2.24 bits per heavy atom. The van der Waals surface area contributed by atoms with Crippen LogP contribution in [-0.2, 0) is 4.74 Å². The van der Waals surface area contributed by atoms with Crippen LogP contribution < -0.4 is 0 Å². The van der Waals surface area contributed by atoms with E-state index in [0.717, 1.165) is 6.26 Å². The van der Waals surface area contributed by atoms with Crippen molar-refractivity contribution in [3.05, 3.63) is 42.0 Å². The van der Waals surface area contributed by atoms with Crippen LogP contribution >= 0.6 is 0 Å². The maximum Gasteiger partial charge on any atom is 0.360 e. The van der Waals surface area contributed by atoms with Crippen LogP contribution in [0.3, 0.4) is 0 Å². The number of ether oxygens (including phenoxy) is 1. The van der Waals surface area contributed by atoms with Crippen LogP contribution in [0.5, 0.6) is 0 Å². The van der Waals surface area contributed by atoms with Gasteiger partial charge in [0.2, 0.25) is 5.89 Å². The molecule has 1 aromatic heterocycles. The molecule has 0 radical (unpaired) electrons. The van der Waals surface area contributed by atoms with E-state index in [1.807, 2.05) is 0 Å². The molecule has 0 fully saturated rings. The third-order valence-electron chi connectivity index (χ3n) is 2.09. The summed E-state index contributed by atoms with van der Waals surface area (Å²) in [4.78, 5) is 15.2. The van der Waals surface area contributed by atoms with Crippen molar-refractivity contribution < 1.29 is 18.3 Å². The first-order chi connectivity index (χ1) is 8.22. The molecule has 0 unspecified atom stereocenters. The van der Waals surface area contributed by atoms with E-state index in [9.17, 15) is 9.18 Å². The average Bonchev–Trinajstić information content (AvgIpc) is 2.79. The number of rotatable bonds is 3. The first kappa shape index (κ1) is 11.3. The number of nitrogens with zero attached hydrogens (tertiary/aromatic N) is 1. The summed E-state index contributed by atoms with van der Waals surface area (Å²) in [5.41, 5.74) is 0.244. The number of oxazole rings is 1. The maximum atomic E-state index is 13.4. The molecule has 0 N–H and O–H groups in total. The molecule has 0 aliphatic heterocycles. The summed E-state index contributed by atoms with van der Waals surface area (Å²) in [5.74, 6) is -0.977. The van der Waals surface area contributed by atoms with E-state index in [1.54, 1.807) is 19.1 Å². The number of hydrogen-bond acceptors (Lipinski definition) is 4. The number of benzene rings is 1. The molecule has 17 heavy (non-hydrogen) atoms. The van der Waals surface area contributed by atoms with Gasteiger partial charge < -0.3 is 9.15 Å². The van der Waals surface area contributed by atoms with Gasteiger partial charge in [-0.1, -0.05) is 12.1 Å². The topological polar surface area (TPSA) is 52.3 Å². The largest absolute Gasteiger partial charge is 0.461 e. The van der Waals surface area contributed by atoms with Gasteiger partial charge in [0, 0.05) is 0 Å². The van der Waals surface area contributed by atoms with E-state index >= 15 is 0 Å². The van der Waals surface area contributed by atoms with E-state index in [0.29, 0.717) is 0 Å². The van der Waals surface area contributed by atoms with Gasteiger partial charge in [0.25, 0.3) is 0 Å². The number of aromatic nitrogens is 1. The predicted molar refractivity (Wildman–Crippen MR) is 57.9 cm³/mol. The highest BCUT2D eigenvalue weighted by Gasteiger charge is 2.16. The highest BCUT2D eigenvalue weighted by Crippen LogP contribution is 2.21. The summed E-state index contributed by atoms with van der Waals surface area (Å²) in [6.45, 7) is 1.94. The molecule has 0 saturated carbocycles. The highest BCUT2D eigenvalue weighted by molar-refractivity contribution is 5.87. The van der Waals surface area contributed by atoms with Crippen molar-refractivity contribution in [2.45, 2.75) is 6.92 Å². The van der Waals surface area contributed by atoms with Gasteiger partial charge in [-0.2, -0.15) is 0 Å². The van der Waals surface area contributed by atoms with Gasteiger partial charge in [0.1, 0.15) is 12.1 Å². The molecule has 0 aliphatic rings. The van der Waals surface area contributed by atoms with Crippen molar-refractivity contribution >= 4 is 5.97 Å². The maximum absolute atomic E-state index is 13.4. The van der Waals surface area contributed by atoms with Crippen LogP contribution in [0.15, 0.2) is 34.9 Å². The minimum atomic E-state index is -0.584. The van der Waals surface area contributed by atoms with Gasteiger partial charge in [0.05, 0.1) is 12.2 Å². The lowest BCUT2D eigenvalue weighted by Crippen LogP contribution is -2.04. The predicted octanol–water partition coefficient (Wildman–Crippen LogP) is 2.66. The second kappa shape index (κ2) is 4.78. The fraction of sp³-hybridized carbons (Fsp3) is 0.167. The Morgan fingerprint density at radius 1 is 1.47 bits per heavy atom. The number of carbonyl (C=O) groups excluding carboxylic acids is 1. The van der Waals surface area contributed by atoms with Gasteiger partial charge in [0.15, 0.2) is 5.69 Å². The molecule has 4 nitrogen and oxygen atoms in total. The van der Waals surface area contributed by atoms with Crippen LogP contribution in [0.2, 0.25) is 0 Å². The van der Waals surface area contributed by atoms with Crippen molar-refractivity contribution in [3.8, 4) is 11.5 Å². The standard InChI is InChI=1S/C12H10FNO3/c1-2-16-12(15)10-7-17-11(14-10)8-5-3-4-6-9(8)13/h3-7H,2H2,1H3. The minimum Gasteiger partial charge on any atom is -0.461 e. The number of hydrogen-bond donors (Lipinski definition) is 0. The normalized spacial score (nSPS) is 10.2. The zero-order chi connectivity index (χ0) is 12.3. The minimum absolute atomic E-state index is 0.0325. The SMILES string of the molecule is CCOC(=O)c1coc(-c2ccccc2F)n1. The average molecular weight is 235 g/mol. The monoisotopic (exact) mass is 235 g/mol. The highest BCUT2D eigenvalue weighted by atomic mass is 19.1. The summed E-state index contributed by atoms with van der Waals surface area (Å²) in [5, 5.41) is 0. The summed E-state index contributed by atoms with van der Waals surface area (Å²) >= 11 is 0. The second-order valence-electron chi connectivity index (χ2n) is 3.24. The first-order valence-electron chi connectivity index (χ1n) is 5.10. The van der Waals surface area contributed by atoms with Gasteiger partial charge >= 0.3 is 5.97 Å². The zero-order valence-corrected chi connectivity index (χ0v) is 9.14. The van der Waals surface area contributed by atoms with Crippen LogP contribution in [-0.4, -0.2) is 17.6 Å². The van der Waals surface area contributed by atoms with Crippen molar-refractivity contribution in [1.29, 1.82) is 0 Å². The van der Waals surface area contributed by atoms with Crippen LogP contribution in [0.25, 0.3) is 11.5 Å². The van der Waals surface area contributed by atoms with Crippen molar-refractivity contribution in [2.75, 3.05) is 6.61 Å². The Labute approximate surface area is 97.0 Å². The lowest BCUT2D eigenvalue weighted by molar-refractivity contribution is 0.0519. The van der Waals surface area contributed by atoms with Gasteiger partial charge in [-0.3, -0.25) is 0 Å². The van der Waals surface area contributed by atoms with E-state index in [2.05, 4.69) is 4.98 Å². The van der Waals surface area contributed by atoms with Gasteiger partial charge in [-0.05, 0) is 19.1 Å². The number of esters is 1. The van der Waals surface area contributed by atoms with Crippen molar-refractivity contribution in [3.63, 3.8) is 0 Å². The fourth-order valence-electron chi connectivity index (χ4n) is 1.33. The van der Waals surface area contributed by atoms with E-state index in [-0.39, 0.29) is 23.8 Å². The third kappa shape index (κ3) is 2.33. The molecule has 1 heterocycles. The van der Waals surface area contributed by atoms with Crippen LogP contribution in [0, 0.1) is 5.82 Å². The van der Waals surface area contributed by atoms with Crippen molar-refractivity contribution in [1.82, 2.24) is 4.98 Å². The summed E-state index contributed by atoms with van der Waals surface area (Å²) < 4.78 is 23.2. The Morgan fingerprint density at radius 3 is 2.94 bits per heavy atom. The second-order valence-corrected chi connectivity index (χ2v) is 3.24. The van der Waals surface area contributed by atoms with Crippen molar-refractivity contribution in [2.24, 2.45) is 0 Å². The van der Waals surface area contributed by atoms with Gasteiger partial charge in [-0.25, -0.2) is 14.2 Å². The first-order valence-corrected chi connectivity index (χ1v) is 5.10. The molecule has 0 bridgehead atoms. The molecule has 5 heteroatoms. The van der Waals surface area contributed by atoms with Crippen LogP contribution in [0.4, 0.5) is 4.39 Å². The van der Waals surface area contributed by atoms with E-state index in [4.69, 9.17) is 9.15 Å². The quantitative estimate of drug-likeness (QED) is 0.767. The lowest BCUT2D eigenvalue weighted by atomic mass is 10.2. The Balaban J connectivity index is 2.30. The molecule has 0 spiro atoms. The number of carbonyl (C=O) groups is 1. The summed E-state index contributed by atoms with van der Waals surface area (Å²) in [6, 6.07) is 6.04. The molecule has 88 valence electrons. The van der Waals surface area contributed by atoms with Crippen LogP contribution in [0.1, 0.15) is 17.4 Å².